The van der Waals surface area contributed by atoms with E-state index in [1.807, 2.05) is 0 Å². The van der Waals surface area contributed by atoms with Crippen LogP contribution in [-0.4, -0.2) is 9.52 Å². The predicted molar refractivity (Wildman–Crippen MR) is 70.7 cm³/mol. The van der Waals surface area contributed by atoms with Crippen LogP contribution in [0.4, 0.5) is 0 Å². The highest BCUT2D eigenvalue weighted by Crippen LogP contribution is 2.30. The van der Waals surface area contributed by atoms with E-state index in [4.69, 9.17) is 0 Å². The second kappa shape index (κ2) is 3.97. The number of hydrogen-bond acceptors (Lipinski definition) is 0. The van der Waals surface area contributed by atoms with Crippen molar-refractivity contribution in [2.24, 2.45) is 0 Å². The van der Waals surface area contributed by atoms with Crippen LogP contribution in [0.3, 0.4) is 0 Å². The molecule has 0 heterocycles. The lowest BCUT2D eigenvalue weighted by Gasteiger charge is -2.07. The van der Waals surface area contributed by atoms with Crippen molar-refractivity contribution in [1.82, 2.24) is 0 Å². The van der Waals surface area contributed by atoms with Crippen LogP contribution in [0.5, 0.6) is 0 Å². The summed E-state index contributed by atoms with van der Waals surface area (Å²) in [6.45, 7) is 9.12. The molecule has 0 nitrogen and oxygen atoms in total. The van der Waals surface area contributed by atoms with Crippen LogP contribution in [0.1, 0.15) is 40.5 Å². The molecule has 15 heavy (non-hydrogen) atoms. The fourth-order valence-corrected chi connectivity index (χ4v) is 4.45. The van der Waals surface area contributed by atoms with E-state index in [2.05, 4.69) is 39.8 Å². The fraction of sp³-hybridized carbons (Fsp3) is 0.429. The molecule has 0 N–H and O–H groups in total. The maximum absolute atomic E-state index is 2.46. The van der Waals surface area contributed by atoms with Gasteiger partial charge >= 0.3 is 0 Å². The van der Waals surface area contributed by atoms with Gasteiger partial charge in [-0.15, -0.1) is 0 Å². The van der Waals surface area contributed by atoms with E-state index in [1.54, 1.807) is 32.7 Å². The Hall–Kier alpha value is -0.823. The summed E-state index contributed by atoms with van der Waals surface area (Å²) in [7, 11) is -0.188. The second-order valence-electron chi connectivity index (χ2n) is 4.85. The standard InChI is InChI=1S/C14H20Si/c1-9-5-7-13(11(9)3)15-14-8-6-10(2)12(14)4/h7-8H,5-6,15H2,1-4H3. The van der Waals surface area contributed by atoms with Crippen molar-refractivity contribution in [1.29, 1.82) is 0 Å². The van der Waals surface area contributed by atoms with Crippen molar-refractivity contribution in [3.63, 3.8) is 0 Å². The van der Waals surface area contributed by atoms with Gasteiger partial charge in [-0.05, 0) is 40.5 Å². The van der Waals surface area contributed by atoms with E-state index in [0.717, 1.165) is 0 Å². The molecule has 80 valence electrons. The van der Waals surface area contributed by atoms with Crippen molar-refractivity contribution >= 4 is 9.52 Å². The summed E-state index contributed by atoms with van der Waals surface area (Å²) in [4.78, 5) is 0. The molecule has 0 aromatic carbocycles. The molecule has 0 aromatic rings. The highest BCUT2D eigenvalue weighted by atomic mass is 28.2. The Labute approximate surface area is 95.3 Å². The van der Waals surface area contributed by atoms with Gasteiger partial charge in [0.05, 0.1) is 9.52 Å². The normalized spacial score (nSPS) is 21.3. The van der Waals surface area contributed by atoms with Gasteiger partial charge in [-0.1, -0.05) is 44.8 Å². The van der Waals surface area contributed by atoms with Gasteiger partial charge in [-0.2, -0.15) is 0 Å². The van der Waals surface area contributed by atoms with Crippen LogP contribution in [0.15, 0.2) is 44.8 Å². The maximum atomic E-state index is 2.46. The molecule has 0 atom stereocenters. The van der Waals surface area contributed by atoms with Gasteiger partial charge in [-0.25, -0.2) is 0 Å². The molecule has 0 fully saturated rings. The number of allylic oxidation sites excluding steroid dienone is 8. The van der Waals surface area contributed by atoms with Gasteiger partial charge in [0.2, 0.25) is 0 Å². The Kier molecular flexibility index (Phi) is 2.83. The molecule has 0 amide bonds. The van der Waals surface area contributed by atoms with Gasteiger partial charge in [0.25, 0.3) is 0 Å². The lowest BCUT2D eigenvalue weighted by molar-refractivity contribution is 1.22. The maximum Gasteiger partial charge on any atom is 0.0873 e. The molecule has 0 radical (unpaired) electrons. The van der Waals surface area contributed by atoms with Crippen molar-refractivity contribution in [3.05, 3.63) is 44.8 Å². The molecule has 2 aliphatic rings. The second-order valence-corrected chi connectivity index (χ2v) is 6.73. The third-order valence-electron chi connectivity index (χ3n) is 3.93. The van der Waals surface area contributed by atoms with Crippen molar-refractivity contribution in [3.8, 4) is 0 Å². The average molecular weight is 216 g/mol. The summed E-state index contributed by atoms with van der Waals surface area (Å²) < 4.78 is 0. The zero-order valence-electron chi connectivity index (χ0n) is 10.3. The Morgan fingerprint density at radius 2 is 1.20 bits per heavy atom. The third-order valence-corrected chi connectivity index (χ3v) is 6.33. The Morgan fingerprint density at radius 1 is 0.800 bits per heavy atom. The lowest BCUT2D eigenvalue weighted by Crippen LogP contribution is -2.01. The molecule has 1 heteroatoms. The summed E-state index contributed by atoms with van der Waals surface area (Å²) in [5, 5.41) is 3.38. The molecule has 2 rings (SSSR count). The summed E-state index contributed by atoms with van der Waals surface area (Å²) in [5.74, 6) is 0. The first kappa shape index (κ1) is 10.7. The van der Waals surface area contributed by atoms with Crippen LogP contribution >= 0.6 is 0 Å². The van der Waals surface area contributed by atoms with E-state index in [9.17, 15) is 0 Å². The molecule has 2 aliphatic carbocycles. The minimum absolute atomic E-state index is 0.188. The van der Waals surface area contributed by atoms with E-state index in [1.165, 1.54) is 12.8 Å². The van der Waals surface area contributed by atoms with E-state index < -0.39 is 0 Å². The van der Waals surface area contributed by atoms with E-state index in [0.29, 0.717) is 0 Å². The van der Waals surface area contributed by atoms with Gasteiger partial charge < -0.3 is 0 Å². The molecule has 0 aliphatic heterocycles. The topological polar surface area (TPSA) is 0 Å². The number of hydrogen-bond donors (Lipinski definition) is 0. The van der Waals surface area contributed by atoms with Crippen molar-refractivity contribution < 1.29 is 0 Å². The zero-order chi connectivity index (χ0) is 11.0. The van der Waals surface area contributed by atoms with E-state index in [-0.39, 0.29) is 9.52 Å². The summed E-state index contributed by atoms with van der Waals surface area (Å²) in [5.41, 5.74) is 6.32. The Bertz CT molecular complexity index is 377. The highest BCUT2D eigenvalue weighted by molar-refractivity contribution is 6.57. The highest BCUT2D eigenvalue weighted by Gasteiger charge is 2.16. The van der Waals surface area contributed by atoms with Crippen molar-refractivity contribution in [2.75, 3.05) is 0 Å². The zero-order valence-corrected chi connectivity index (χ0v) is 11.7. The monoisotopic (exact) mass is 216 g/mol. The van der Waals surface area contributed by atoms with Crippen LogP contribution in [-0.2, 0) is 0 Å². The first-order valence-electron chi connectivity index (χ1n) is 5.81. The van der Waals surface area contributed by atoms with Crippen LogP contribution in [0.25, 0.3) is 0 Å². The molecular formula is C14H20Si. The number of rotatable bonds is 2. The smallest absolute Gasteiger partial charge is 0.0812 e. The van der Waals surface area contributed by atoms with Gasteiger partial charge in [-0.3, -0.25) is 0 Å². The van der Waals surface area contributed by atoms with Crippen LogP contribution in [0, 0.1) is 0 Å². The van der Waals surface area contributed by atoms with Crippen molar-refractivity contribution in [2.45, 2.75) is 40.5 Å². The molecular weight excluding hydrogens is 196 g/mol. The van der Waals surface area contributed by atoms with E-state index >= 15 is 0 Å². The SMILES string of the molecule is CC1=C(C)C([SiH2]C2=CCC(C)=C2C)=CC1. The van der Waals surface area contributed by atoms with Crippen LogP contribution in [0.2, 0.25) is 0 Å². The molecule has 0 aromatic heterocycles. The van der Waals surface area contributed by atoms with Gasteiger partial charge in [0, 0.05) is 0 Å². The molecule has 0 spiro atoms. The molecule has 0 unspecified atom stereocenters. The first-order valence-corrected chi connectivity index (χ1v) is 7.22. The fourth-order valence-electron chi connectivity index (χ4n) is 2.33. The Balaban J connectivity index is 2.13. The van der Waals surface area contributed by atoms with Gasteiger partial charge in [0.15, 0.2) is 0 Å². The summed E-state index contributed by atoms with van der Waals surface area (Å²) in [6.07, 6.45) is 7.31. The lowest BCUT2D eigenvalue weighted by atomic mass is 10.2. The average Bonchev–Trinajstić information content (AvgIpc) is 2.68. The minimum Gasteiger partial charge on any atom is -0.0812 e. The van der Waals surface area contributed by atoms with Gasteiger partial charge in [0.1, 0.15) is 0 Å². The predicted octanol–water partition coefficient (Wildman–Crippen LogP) is 3.40. The summed E-state index contributed by atoms with van der Waals surface area (Å²) >= 11 is 0. The molecule has 0 saturated heterocycles. The minimum atomic E-state index is -0.188. The third kappa shape index (κ3) is 1.93. The summed E-state index contributed by atoms with van der Waals surface area (Å²) in [6, 6.07) is 0. The molecule has 0 saturated carbocycles. The Morgan fingerprint density at radius 3 is 1.47 bits per heavy atom. The molecule has 0 bridgehead atoms. The quantitative estimate of drug-likeness (QED) is 0.621. The van der Waals surface area contributed by atoms with Crippen LogP contribution < -0.4 is 0 Å². The first-order chi connectivity index (χ1) is 7.09. The largest absolute Gasteiger partial charge is 0.0873 e.